The Kier molecular flexibility index (Phi) is 4.01. The number of aliphatic hydroxyl groups excluding tert-OH is 1. The Morgan fingerprint density at radius 2 is 1.80 bits per heavy atom. The van der Waals surface area contributed by atoms with Gasteiger partial charge in [-0.25, -0.2) is 0 Å². The van der Waals surface area contributed by atoms with Crippen molar-refractivity contribution < 1.29 is 17.9 Å². The lowest BCUT2D eigenvalue weighted by Crippen LogP contribution is -2.12. The summed E-state index contributed by atoms with van der Waals surface area (Å²) in [5.74, 6) is 0.202. The molecular formula is C13H16N2O4S. The normalized spacial score (nSPS) is 11.3. The first-order valence-corrected chi connectivity index (χ1v) is 7.40. The molecule has 0 bridgehead atoms. The number of sulfonamides is 1. The second kappa shape index (κ2) is 5.56. The second-order valence-electron chi connectivity index (χ2n) is 4.43. The predicted molar refractivity (Wildman–Crippen MR) is 76.2 cm³/mol. The van der Waals surface area contributed by atoms with Crippen LogP contribution in [0, 0.1) is 0 Å². The smallest absolute Gasteiger partial charge is 0.295 e. The highest BCUT2D eigenvalue weighted by atomic mass is 32.2. The molecule has 2 aromatic rings. The Bertz CT molecular complexity index is 675. The molecule has 0 atom stereocenters. The van der Waals surface area contributed by atoms with Crippen LogP contribution in [0.3, 0.4) is 0 Å². The van der Waals surface area contributed by atoms with Crippen molar-refractivity contribution in [3.05, 3.63) is 42.2 Å². The van der Waals surface area contributed by atoms with Gasteiger partial charge in [-0.2, -0.15) is 8.42 Å². The molecule has 0 aliphatic carbocycles. The summed E-state index contributed by atoms with van der Waals surface area (Å²) in [5.41, 5.74) is 1.41. The van der Waals surface area contributed by atoms with Gasteiger partial charge in [0.05, 0.1) is 0 Å². The second-order valence-corrected chi connectivity index (χ2v) is 6.04. The van der Waals surface area contributed by atoms with Crippen LogP contribution in [0.2, 0.25) is 0 Å². The highest BCUT2D eigenvalue weighted by Gasteiger charge is 2.18. The van der Waals surface area contributed by atoms with Crippen molar-refractivity contribution in [1.29, 1.82) is 0 Å². The summed E-state index contributed by atoms with van der Waals surface area (Å²) in [4.78, 5) is 1.92. The van der Waals surface area contributed by atoms with E-state index in [9.17, 15) is 8.42 Å². The molecule has 0 amide bonds. The van der Waals surface area contributed by atoms with Gasteiger partial charge in [-0.15, -0.1) is 0 Å². The lowest BCUT2D eigenvalue weighted by molar-refractivity contribution is 0.236. The molecule has 1 aromatic heterocycles. The lowest BCUT2D eigenvalue weighted by Gasteiger charge is -2.13. The molecule has 2 rings (SSSR count). The van der Waals surface area contributed by atoms with Gasteiger partial charge >= 0.3 is 0 Å². The minimum absolute atomic E-state index is 0.202. The number of nitrogens with zero attached hydrogens (tertiary/aromatic N) is 1. The summed E-state index contributed by atoms with van der Waals surface area (Å²) in [7, 11) is 0.0254. The maximum atomic E-state index is 12.1. The Morgan fingerprint density at radius 1 is 1.15 bits per heavy atom. The zero-order valence-corrected chi connectivity index (χ0v) is 12.0. The molecule has 6 nitrogen and oxygen atoms in total. The van der Waals surface area contributed by atoms with E-state index in [-0.39, 0.29) is 17.5 Å². The Balaban J connectivity index is 2.19. The van der Waals surface area contributed by atoms with Gasteiger partial charge in [0.2, 0.25) is 5.09 Å². The summed E-state index contributed by atoms with van der Waals surface area (Å²) >= 11 is 0. The number of rotatable bonds is 5. The summed E-state index contributed by atoms with van der Waals surface area (Å²) in [6.45, 7) is -0.340. The Morgan fingerprint density at radius 3 is 2.30 bits per heavy atom. The van der Waals surface area contributed by atoms with E-state index in [2.05, 4.69) is 4.72 Å². The third kappa shape index (κ3) is 3.12. The van der Waals surface area contributed by atoms with Crippen LogP contribution in [-0.4, -0.2) is 27.6 Å². The molecule has 0 spiro atoms. The number of furan rings is 1. The molecule has 0 aliphatic heterocycles. The molecule has 108 valence electrons. The van der Waals surface area contributed by atoms with Crippen molar-refractivity contribution in [2.24, 2.45) is 0 Å². The third-order valence-electron chi connectivity index (χ3n) is 2.69. The van der Waals surface area contributed by atoms with Crippen molar-refractivity contribution in [1.82, 2.24) is 0 Å². The van der Waals surface area contributed by atoms with E-state index >= 15 is 0 Å². The maximum absolute atomic E-state index is 12.1. The van der Waals surface area contributed by atoms with Crippen molar-refractivity contribution in [3.8, 4) is 0 Å². The molecule has 0 aliphatic rings. The van der Waals surface area contributed by atoms with Gasteiger partial charge in [-0.3, -0.25) is 4.72 Å². The van der Waals surface area contributed by atoms with E-state index < -0.39 is 10.0 Å². The van der Waals surface area contributed by atoms with E-state index in [0.29, 0.717) is 5.69 Å². The minimum atomic E-state index is -3.78. The zero-order valence-electron chi connectivity index (χ0n) is 11.2. The first-order valence-electron chi connectivity index (χ1n) is 5.92. The van der Waals surface area contributed by atoms with Crippen molar-refractivity contribution in [2.75, 3.05) is 23.7 Å². The summed E-state index contributed by atoms with van der Waals surface area (Å²) in [6.07, 6.45) is 0. The van der Waals surface area contributed by atoms with Crippen LogP contribution in [-0.2, 0) is 16.6 Å². The van der Waals surface area contributed by atoms with Crippen molar-refractivity contribution in [2.45, 2.75) is 11.7 Å². The third-order valence-corrected chi connectivity index (χ3v) is 3.95. The van der Waals surface area contributed by atoms with Crippen LogP contribution in [0.5, 0.6) is 0 Å². The fourth-order valence-corrected chi connectivity index (χ4v) is 2.63. The number of benzene rings is 1. The summed E-state index contributed by atoms with van der Waals surface area (Å²) in [5, 5.41) is 8.65. The van der Waals surface area contributed by atoms with Gasteiger partial charge in [0.25, 0.3) is 10.0 Å². The Hall–Kier alpha value is -1.99. The first-order chi connectivity index (χ1) is 9.42. The van der Waals surface area contributed by atoms with Gasteiger partial charge in [0.15, 0.2) is 0 Å². The lowest BCUT2D eigenvalue weighted by atomic mass is 10.3. The van der Waals surface area contributed by atoms with Crippen LogP contribution >= 0.6 is 0 Å². The molecule has 7 heteroatoms. The molecule has 20 heavy (non-hydrogen) atoms. The molecule has 2 N–H and O–H groups in total. The van der Waals surface area contributed by atoms with Gasteiger partial charge in [0.1, 0.15) is 12.4 Å². The van der Waals surface area contributed by atoms with Crippen LogP contribution in [0.25, 0.3) is 0 Å². The quantitative estimate of drug-likeness (QED) is 0.876. The zero-order chi connectivity index (χ0) is 14.8. The number of nitrogens with one attached hydrogen (secondary N) is 1. The highest BCUT2D eigenvalue weighted by molar-refractivity contribution is 7.92. The van der Waals surface area contributed by atoms with E-state index in [1.165, 1.54) is 12.1 Å². The average molecular weight is 296 g/mol. The minimum Gasteiger partial charge on any atom is -0.445 e. The van der Waals surface area contributed by atoms with Gasteiger partial charge < -0.3 is 14.4 Å². The van der Waals surface area contributed by atoms with Crippen molar-refractivity contribution >= 4 is 21.4 Å². The molecule has 0 unspecified atom stereocenters. The first kappa shape index (κ1) is 14.4. The van der Waals surface area contributed by atoms with E-state index in [0.717, 1.165) is 5.69 Å². The SMILES string of the molecule is CN(C)c1ccc(NS(=O)(=O)c2ccc(CO)o2)cc1. The molecule has 0 radical (unpaired) electrons. The van der Waals surface area contributed by atoms with E-state index in [1.54, 1.807) is 24.3 Å². The molecular weight excluding hydrogens is 280 g/mol. The number of hydrogen-bond donors (Lipinski definition) is 2. The Labute approximate surface area is 117 Å². The van der Waals surface area contributed by atoms with Gasteiger partial charge in [-0.1, -0.05) is 0 Å². The largest absolute Gasteiger partial charge is 0.445 e. The molecule has 1 aromatic carbocycles. The number of hydrogen-bond acceptors (Lipinski definition) is 5. The molecule has 0 fully saturated rings. The van der Waals surface area contributed by atoms with E-state index in [1.807, 2.05) is 19.0 Å². The van der Waals surface area contributed by atoms with Gasteiger partial charge in [-0.05, 0) is 36.4 Å². The summed E-state index contributed by atoms with van der Waals surface area (Å²) in [6, 6.07) is 9.68. The van der Waals surface area contributed by atoms with Crippen LogP contribution in [0.4, 0.5) is 11.4 Å². The van der Waals surface area contributed by atoms with Crippen molar-refractivity contribution in [3.63, 3.8) is 0 Å². The van der Waals surface area contributed by atoms with Crippen LogP contribution in [0.1, 0.15) is 5.76 Å². The van der Waals surface area contributed by atoms with Crippen LogP contribution in [0.15, 0.2) is 45.9 Å². The topological polar surface area (TPSA) is 82.8 Å². The predicted octanol–water partition coefficient (Wildman–Crippen LogP) is 1.64. The standard InChI is InChI=1S/C13H16N2O4S/c1-15(2)11-5-3-10(4-6-11)14-20(17,18)13-8-7-12(9-16)19-13/h3-8,14,16H,9H2,1-2H3. The fourth-order valence-electron chi connectivity index (χ4n) is 1.62. The summed E-state index contributed by atoms with van der Waals surface area (Å²) < 4.78 is 31.5. The molecule has 0 saturated heterocycles. The number of anilines is 2. The number of aliphatic hydroxyl groups is 1. The van der Waals surface area contributed by atoms with Crippen LogP contribution < -0.4 is 9.62 Å². The highest BCUT2D eigenvalue weighted by Crippen LogP contribution is 2.20. The maximum Gasteiger partial charge on any atom is 0.295 e. The monoisotopic (exact) mass is 296 g/mol. The fraction of sp³-hybridized carbons (Fsp3) is 0.231. The average Bonchev–Trinajstić information content (AvgIpc) is 2.88. The van der Waals surface area contributed by atoms with Gasteiger partial charge in [0, 0.05) is 25.5 Å². The molecule has 0 saturated carbocycles. The van der Waals surface area contributed by atoms with E-state index in [4.69, 9.17) is 9.52 Å². The molecule has 1 heterocycles.